The molecule has 0 radical (unpaired) electrons. The maximum absolute atomic E-state index is 11.9. The highest BCUT2D eigenvalue weighted by molar-refractivity contribution is 6.44. The summed E-state index contributed by atoms with van der Waals surface area (Å²) >= 11 is 0. The van der Waals surface area contributed by atoms with Crippen molar-refractivity contribution in [1.82, 2.24) is 9.80 Å². The molecule has 0 aromatic heterocycles. The first-order valence-corrected chi connectivity index (χ1v) is 5.97. The molecule has 1 heterocycles. The average molecular weight is 289 g/mol. The fourth-order valence-electron chi connectivity index (χ4n) is 1.89. The number of urea groups is 1. The Morgan fingerprint density at radius 1 is 1.10 bits per heavy atom. The van der Waals surface area contributed by atoms with E-state index in [1.165, 1.54) is 30.3 Å². The summed E-state index contributed by atoms with van der Waals surface area (Å²) in [7, 11) is 0. The lowest BCUT2D eigenvalue weighted by Crippen LogP contribution is -2.33. The second-order valence-electron chi connectivity index (χ2n) is 4.30. The van der Waals surface area contributed by atoms with Crippen molar-refractivity contribution in [2.45, 2.75) is 6.54 Å². The normalized spacial score (nSPS) is 14.8. The molecule has 8 nitrogen and oxygen atoms in total. The molecular weight excluding hydrogens is 278 g/mol. The van der Waals surface area contributed by atoms with Crippen molar-refractivity contribution < 1.29 is 19.3 Å². The van der Waals surface area contributed by atoms with Crippen LogP contribution in [-0.2, 0) is 16.1 Å². The smallest absolute Gasteiger partial charge is 0.263 e. The van der Waals surface area contributed by atoms with Crippen LogP contribution in [-0.4, -0.2) is 39.1 Å². The number of benzene rings is 1. The van der Waals surface area contributed by atoms with Gasteiger partial charge in [0.25, 0.3) is 5.69 Å². The van der Waals surface area contributed by atoms with E-state index >= 15 is 0 Å². The average Bonchev–Trinajstić information content (AvgIpc) is 2.66. The third-order valence-electron chi connectivity index (χ3n) is 2.93. The van der Waals surface area contributed by atoms with Gasteiger partial charge in [0, 0.05) is 18.7 Å². The van der Waals surface area contributed by atoms with Crippen molar-refractivity contribution in [3.05, 3.63) is 52.6 Å². The first-order chi connectivity index (χ1) is 9.95. The molecule has 1 aromatic rings. The van der Waals surface area contributed by atoms with E-state index in [4.69, 9.17) is 0 Å². The van der Waals surface area contributed by atoms with E-state index in [1.807, 2.05) is 0 Å². The van der Waals surface area contributed by atoms with Gasteiger partial charge in [0.05, 0.1) is 11.5 Å². The summed E-state index contributed by atoms with van der Waals surface area (Å²) in [6.45, 7) is 3.26. The molecule has 0 spiro atoms. The van der Waals surface area contributed by atoms with Crippen LogP contribution in [0, 0.1) is 10.1 Å². The molecule has 8 heteroatoms. The zero-order valence-corrected chi connectivity index (χ0v) is 10.9. The van der Waals surface area contributed by atoms with Crippen LogP contribution in [0.1, 0.15) is 5.56 Å². The summed E-state index contributed by atoms with van der Waals surface area (Å²) in [6, 6.07) is 4.68. The third-order valence-corrected chi connectivity index (χ3v) is 2.93. The lowest BCUT2D eigenvalue weighted by Gasteiger charge is -2.14. The van der Waals surface area contributed by atoms with Crippen LogP contribution in [0.15, 0.2) is 36.9 Å². The Labute approximate surface area is 119 Å². The molecule has 1 saturated heterocycles. The SMILES string of the molecule is C=CCN1C(=O)C(=O)N(Cc2ccc([N+](=O)[O-])cc2)C1=O. The van der Waals surface area contributed by atoms with E-state index in [0.717, 1.165) is 9.80 Å². The van der Waals surface area contributed by atoms with Crippen LogP contribution in [0.5, 0.6) is 0 Å². The van der Waals surface area contributed by atoms with Crippen LogP contribution < -0.4 is 0 Å². The quantitative estimate of drug-likeness (QED) is 0.265. The zero-order chi connectivity index (χ0) is 15.6. The van der Waals surface area contributed by atoms with Gasteiger partial charge < -0.3 is 0 Å². The predicted octanol–water partition coefficient (Wildman–Crippen LogP) is 1.07. The van der Waals surface area contributed by atoms with Gasteiger partial charge in [0.2, 0.25) is 0 Å². The number of carbonyl (C=O) groups excluding carboxylic acids is 3. The summed E-state index contributed by atoms with van der Waals surface area (Å²) in [5.41, 5.74) is 0.415. The maximum Gasteiger partial charge on any atom is 0.334 e. The van der Waals surface area contributed by atoms with Crippen molar-refractivity contribution in [1.29, 1.82) is 0 Å². The van der Waals surface area contributed by atoms with Gasteiger partial charge in [-0.2, -0.15) is 0 Å². The standard InChI is InChI=1S/C13H11N3O5/c1-2-7-14-11(17)12(18)15(13(14)19)8-9-3-5-10(6-4-9)16(20)21/h2-6H,1,7-8H2. The van der Waals surface area contributed by atoms with Gasteiger partial charge >= 0.3 is 17.8 Å². The molecule has 0 unspecified atom stereocenters. The number of nitrogens with zero attached hydrogens (tertiary/aromatic N) is 3. The summed E-state index contributed by atoms with van der Waals surface area (Å²) in [6.07, 6.45) is 1.35. The molecule has 0 aliphatic carbocycles. The van der Waals surface area contributed by atoms with E-state index in [1.54, 1.807) is 0 Å². The van der Waals surface area contributed by atoms with Gasteiger partial charge in [0.1, 0.15) is 0 Å². The lowest BCUT2D eigenvalue weighted by molar-refractivity contribution is -0.384. The van der Waals surface area contributed by atoms with Crippen LogP contribution >= 0.6 is 0 Å². The highest BCUT2D eigenvalue weighted by Gasteiger charge is 2.43. The minimum atomic E-state index is -0.916. The molecule has 0 bridgehead atoms. The molecule has 0 atom stereocenters. The molecular formula is C13H11N3O5. The fraction of sp³-hybridized carbons (Fsp3) is 0.154. The summed E-state index contributed by atoms with van der Waals surface area (Å²) in [4.78, 5) is 46.9. The van der Waals surface area contributed by atoms with E-state index in [9.17, 15) is 24.5 Å². The number of carbonyl (C=O) groups is 3. The lowest BCUT2D eigenvalue weighted by atomic mass is 10.2. The van der Waals surface area contributed by atoms with E-state index in [0.29, 0.717) is 5.56 Å². The Kier molecular flexibility index (Phi) is 3.79. The third kappa shape index (κ3) is 2.64. The molecule has 4 amide bonds. The summed E-state index contributed by atoms with van der Waals surface area (Å²) in [5, 5.41) is 10.5. The second-order valence-corrected chi connectivity index (χ2v) is 4.30. The van der Waals surface area contributed by atoms with E-state index in [-0.39, 0.29) is 18.8 Å². The van der Waals surface area contributed by atoms with Crippen molar-refractivity contribution in [2.75, 3.05) is 6.54 Å². The first kappa shape index (κ1) is 14.4. The van der Waals surface area contributed by atoms with Crippen molar-refractivity contribution in [2.24, 2.45) is 0 Å². The number of amides is 4. The molecule has 1 aromatic carbocycles. The minimum Gasteiger partial charge on any atom is -0.263 e. The number of nitro groups is 1. The number of rotatable bonds is 5. The summed E-state index contributed by atoms with van der Waals surface area (Å²) in [5.74, 6) is -1.82. The number of non-ortho nitro benzene ring substituents is 1. The molecule has 21 heavy (non-hydrogen) atoms. The maximum atomic E-state index is 11.9. The van der Waals surface area contributed by atoms with Crippen LogP contribution in [0.25, 0.3) is 0 Å². The number of hydrogen-bond acceptors (Lipinski definition) is 5. The van der Waals surface area contributed by atoms with Gasteiger partial charge in [-0.1, -0.05) is 18.2 Å². The fourth-order valence-corrected chi connectivity index (χ4v) is 1.89. The van der Waals surface area contributed by atoms with Gasteiger partial charge in [-0.15, -0.1) is 6.58 Å². The molecule has 0 saturated carbocycles. The second kappa shape index (κ2) is 5.53. The molecule has 108 valence electrons. The molecule has 2 rings (SSSR count). The topological polar surface area (TPSA) is 101 Å². The zero-order valence-electron chi connectivity index (χ0n) is 10.9. The van der Waals surface area contributed by atoms with Crippen molar-refractivity contribution >= 4 is 23.5 Å². The number of nitro benzene ring substituents is 1. The molecule has 1 fully saturated rings. The van der Waals surface area contributed by atoms with Gasteiger partial charge in [-0.05, 0) is 5.56 Å². The van der Waals surface area contributed by atoms with Gasteiger partial charge in [-0.25, -0.2) is 4.79 Å². The minimum absolute atomic E-state index is 0.0415. The Hall–Kier alpha value is -3.03. The van der Waals surface area contributed by atoms with Crippen LogP contribution in [0.4, 0.5) is 10.5 Å². The Morgan fingerprint density at radius 3 is 2.19 bits per heavy atom. The molecule has 1 aliphatic rings. The molecule has 0 N–H and O–H groups in total. The summed E-state index contributed by atoms with van der Waals surface area (Å²) < 4.78 is 0. The van der Waals surface area contributed by atoms with E-state index in [2.05, 4.69) is 6.58 Å². The highest BCUT2D eigenvalue weighted by Crippen LogP contribution is 2.18. The predicted molar refractivity (Wildman–Crippen MR) is 71.0 cm³/mol. The Balaban J connectivity index is 2.17. The Bertz CT molecular complexity index is 638. The van der Waals surface area contributed by atoms with Gasteiger partial charge in [-0.3, -0.25) is 29.5 Å². The number of imide groups is 2. The first-order valence-electron chi connectivity index (χ1n) is 5.97. The monoisotopic (exact) mass is 289 g/mol. The van der Waals surface area contributed by atoms with Crippen molar-refractivity contribution in [3.8, 4) is 0 Å². The van der Waals surface area contributed by atoms with Gasteiger partial charge in [0.15, 0.2) is 0 Å². The van der Waals surface area contributed by atoms with Crippen LogP contribution in [0.2, 0.25) is 0 Å². The Morgan fingerprint density at radius 2 is 1.67 bits per heavy atom. The van der Waals surface area contributed by atoms with Crippen molar-refractivity contribution in [3.63, 3.8) is 0 Å². The van der Waals surface area contributed by atoms with E-state index < -0.39 is 22.8 Å². The largest absolute Gasteiger partial charge is 0.334 e. The number of hydrogen-bond donors (Lipinski definition) is 0. The molecule has 1 aliphatic heterocycles. The van der Waals surface area contributed by atoms with Crippen LogP contribution in [0.3, 0.4) is 0 Å². The highest BCUT2D eigenvalue weighted by atomic mass is 16.6.